The molecule has 94 valence electrons. The van der Waals surface area contributed by atoms with E-state index in [2.05, 4.69) is 21.2 Å². The van der Waals surface area contributed by atoms with Gasteiger partial charge in [0.05, 0.1) is 4.47 Å². The Morgan fingerprint density at radius 1 is 1.47 bits per heavy atom. The summed E-state index contributed by atoms with van der Waals surface area (Å²) in [5, 5.41) is 3.43. The maximum absolute atomic E-state index is 11.5. The third kappa shape index (κ3) is 5.41. The monoisotopic (exact) mass is 319 g/mol. The van der Waals surface area contributed by atoms with Gasteiger partial charge in [-0.25, -0.2) is 0 Å². The van der Waals surface area contributed by atoms with Crippen molar-refractivity contribution in [2.24, 2.45) is 0 Å². The fourth-order valence-corrected chi connectivity index (χ4v) is 1.99. The van der Waals surface area contributed by atoms with Crippen LogP contribution in [-0.4, -0.2) is 18.1 Å². The number of hydrogen-bond donors (Lipinski definition) is 1. The number of hydrogen-bond acceptors (Lipinski definition) is 2. The molecule has 0 aliphatic carbocycles. The van der Waals surface area contributed by atoms with Crippen molar-refractivity contribution >= 4 is 33.4 Å². The number of benzene rings is 1. The lowest BCUT2D eigenvalue weighted by atomic mass is 10.1. The second kappa shape index (κ2) is 5.74. The van der Waals surface area contributed by atoms with Gasteiger partial charge in [-0.1, -0.05) is 11.6 Å². The van der Waals surface area contributed by atoms with Crippen LogP contribution in [0.25, 0.3) is 0 Å². The molecule has 1 amide bonds. The van der Waals surface area contributed by atoms with Gasteiger partial charge in [0, 0.05) is 10.6 Å². The summed E-state index contributed by atoms with van der Waals surface area (Å²) in [6, 6.07) is 5.15. The quantitative estimate of drug-likeness (QED) is 0.927. The van der Waals surface area contributed by atoms with Crippen molar-refractivity contribution in [1.29, 1.82) is 0 Å². The summed E-state index contributed by atoms with van der Waals surface area (Å²) >= 11 is 9.12. The van der Waals surface area contributed by atoms with Crippen molar-refractivity contribution in [2.45, 2.75) is 26.3 Å². The predicted molar refractivity (Wildman–Crippen MR) is 72.5 cm³/mol. The fraction of sp³-hybridized carbons (Fsp3) is 0.417. The zero-order chi connectivity index (χ0) is 13.1. The Morgan fingerprint density at radius 2 is 2.12 bits per heavy atom. The maximum atomic E-state index is 11.5. The van der Waals surface area contributed by atoms with E-state index in [4.69, 9.17) is 16.3 Å². The zero-order valence-corrected chi connectivity index (χ0v) is 12.4. The number of ether oxygens (including phenoxy) is 1. The summed E-state index contributed by atoms with van der Waals surface area (Å²) in [4.78, 5) is 11.5. The van der Waals surface area contributed by atoms with Gasteiger partial charge in [-0.3, -0.25) is 4.79 Å². The van der Waals surface area contributed by atoms with E-state index in [1.165, 1.54) is 0 Å². The maximum Gasteiger partial charge on any atom is 0.258 e. The molecule has 0 bridgehead atoms. The minimum Gasteiger partial charge on any atom is -0.483 e. The first-order valence-corrected chi connectivity index (χ1v) is 6.34. The van der Waals surface area contributed by atoms with E-state index in [0.717, 1.165) is 4.47 Å². The smallest absolute Gasteiger partial charge is 0.258 e. The lowest BCUT2D eigenvalue weighted by Gasteiger charge is -2.20. The van der Waals surface area contributed by atoms with Crippen molar-refractivity contribution in [3.8, 4) is 5.75 Å². The second-order valence-electron chi connectivity index (χ2n) is 4.66. The van der Waals surface area contributed by atoms with Crippen LogP contribution in [0.3, 0.4) is 0 Å². The highest BCUT2D eigenvalue weighted by atomic mass is 79.9. The third-order valence-electron chi connectivity index (χ3n) is 1.77. The van der Waals surface area contributed by atoms with Crippen LogP contribution in [0.15, 0.2) is 22.7 Å². The molecule has 1 aromatic carbocycles. The number of carbonyl (C=O) groups is 1. The van der Waals surface area contributed by atoms with Gasteiger partial charge in [-0.15, -0.1) is 0 Å². The fourth-order valence-electron chi connectivity index (χ4n) is 1.19. The number of halogens is 2. The highest BCUT2D eigenvalue weighted by Gasteiger charge is 2.14. The SMILES string of the molecule is CC(C)(C)NC(=O)COc1ccc(Cl)cc1Br. The normalized spacial score (nSPS) is 11.1. The van der Waals surface area contributed by atoms with Crippen molar-refractivity contribution in [3.05, 3.63) is 27.7 Å². The van der Waals surface area contributed by atoms with Gasteiger partial charge in [0.1, 0.15) is 5.75 Å². The largest absolute Gasteiger partial charge is 0.483 e. The van der Waals surface area contributed by atoms with Gasteiger partial charge in [0.25, 0.3) is 5.91 Å². The minimum absolute atomic E-state index is 0.0164. The molecule has 0 radical (unpaired) electrons. The zero-order valence-electron chi connectivity index (χ0n) is 10.0. The van der Waals surface area contributed by atoms with E-state index >= 15 is 0 Å². The topological polar surface area (TPSA) is 38.3 Å². The molecule has 0 heterocycles. The number of rotatable bonds is 3. The lowest BCUT2D eigenvalue weighted by Crippen LogP contribution is -2.43. The summed E-state index contributed by atoms with van der Waals surface area (Å²) in [6.07, 6.45) is 0. The Balaban J connectivity index is 2.53. The molecule has 3 nitrogen and oxygen atoms in total. The molecule has 5 heteroatoms. The molecule has 17 heavy (non-hydrogen) atoms. The van der Waals surface area contributed by atoms with Crippen molar-refractivity contribution in [2.75, 3.05) is 6.61 Å². The first kappa shape index (κ1) is 14.3. The van der Waals surface area contributed by atoms with Crippen LogP contribution < -0.4 is 10.1 Å². The Kier molecular flexibility index (Phi) is 4.83. The summed E-state index contributed by atoms with van der Waals surface area (Å²) in [5.41, 5.74) is -0.252. The molecule has 1 aromatic rings. The van der Waals surface area contributed by atoms with Gasteiger partial charge in [0.15, 0.2) is 6.61 Å². The minimum atomic E-state index is -0.252. The molecule has 0 saturated heterocycles. The van der Waals surface area contributed by atoms with E-state index in [-0.39, 0.29) is 18.1 Å². The molecule has 0 spiro atoms. The summed E-state index contributed by atoms with van der Waals surface area (Å²) in [5.74, 6) is 0.442. The molecule has 0 atom stereocenters. The molecule has 0 fully saturated rings. The van der Waals surface area contributed by atoms with Crippen molar-refractivity contribution in [3.63, 3.8) is 0 Å². The van der Waals surface area contributed by atoms with Crippen LogP contribution in [0.4, 0.5) is 0 Å². The van der Waals surface area contributed by atoms with Gasteiger partial charge < -0.3 is 10.1 Å². The van der Waals surface area contributed by atoms with E-state index in [1.807, 2.05) is 20.8 Å². The Hall–Kier alpha value is -0.740. The Labute approximate surface area is 115 Å². The van der Waals surface area contributed by atoms with Gasteiger partial charge in [-0.2, -0.15) is 0 Å². The van der Waals surface area contributed by atoms with E-state index in [1.54, 1.807) is 18.2 Å². The molecule has 0 aliphatic rings. The molecular formula is C12H15BrClNO2. The van der Waals surface area contributed by atoms with Crippen LogP contribution in [0.5, 0.6) is 5.75 Å². The standard InChI is InChI=1S/C12H15BrClNO2/c1-12(2,3)15-11(16)7-17-10-5-4-8(14)6-9(10)13/h4-6H,7H2,1-3H3,(H,15,16). The van der Waals surface area contributed by atoms with Crippen molar-refractivity contribution in [1.82, 2.24) is 5.32 Å². The Morgan fingerprint density at radius 3 is 2.65 bits per heavy atom. The molecule has 0 saturated carbocycles. The summed E-state index contributed by atoms with van der Waals surface area (Å²) < 4.78 is 6.11. The van der Waals surface area contributed by atoms with Gasteiger partial charge >= 0.3 is 0 Å². The molecular weight excluding hydrogens is 305 g/mol. The lowest BCUT2D eigenvalue weighted by molar-refractivity contribution is -0.124. The Bertz CT molecular complexity index is 415. The average molecular weight is 321 g/mol. The number of amides is 1. The van der Waals surface area contributed by atoms with E-state index < -0.39 is 0 Å². The summed E-state index contributed by atoms with van der Waals surface area (Å²) in [6.45, 7) is 5.74. The van der Waals surface area contributed by atoms with Crippen LogP contribution in [0.1, 0.15) is 20.8 Å². The van der Waals surface area contributed by atoms with Gasteiger partial charge in [0.2, 0.25) is 0 Å². The highest BCUT2D eigenvalue weighted by Crippen LogP contribution is 2.27. The highest BCUT2D eigenvalue weighted by molar-refractivity contribution is 9.10. The van der Waals surface area contributed by atoms with E-state index in [0.29, 0.717) is 10.8 Å². The molecule has 0 aliphatic heterocycles. The first-order chi connectivity index (χ1) is 7.78. The predicted octanol–water partition coefficient (Wildman–Crippen LogP) is 3.40. The van der Waals surface area contributed by atoms with Crippen LogP contribution in [0, 0.1) is 0 Å². The number of carbonyl (C=O) groups excluding carboxylic acids is 1. The summed E-state index contributed by atoms with van der Waals surface area (Å²) in [7, 11) is 0. The van der Waals surface area contributed by atoms with Crippen LogP contribution in [0.2, 0.25) is 5.02 Å². The second-order valence-corrected chi connectivity index (χ2v) is 5.95. The third-order valence-corrected chi connectivity index (χ3v) is 2.62. The van der Waals surface area contributed by atoms with Crippen LogP contribution >= 0.6 is 27.5 Å². The molecule has 1 rings (SSSR count). The first-order valence-electron chi connectivity index (χ1n) is 5.17. The van der Waals surface area contributed by atoms with Crippen molar-refractivity contribution < 1.29 is 9.53 Å². The number of nitrogens with one attached hydrogen (secondary N) is 1. The molecule has 0 aromatic heterocycles. The molecule has 0 unspecified atom stereocenters. The van der Waals surface area contributed by atoms with Crippen LogP contribution in [-0.2, 0) is 4.79 Å². The van der Waals surface area contributed by atoms with E-state index in [9.17, 15) is 4.79 Å². The molecule has 1 N–H and O–H groups in total. The average Bonchev–Trinajstić information content (AvgIpc) is 2.13. The van der Waals surface area contributed by atoms with Gasteiger partial charge in [-0.05, 0) is 54.9 Å².